The van der Waals surface area contributed by atoms with E-state index in [9.17, 15) is 23.6 Å². The number of rotatable bonds is 5. The summed E-state index contributed by atoms with van der Waals surface area (Å²) in [4.78, 5) is 50.4. The SMILES string of the molecule is CC(=O)Nc1ccc(N2C(=O)c3ccc(C(=O)OCc4ccc(F)cc4Cl)cc3C2=O)cc1. The van der Waals surface area contributed by atoms with E-state index < -0.39 is 23.6 Å². The van der Waals surface area contributed by atoms with Crippen molar-refractivity contribution in [1.29, 1.82) is 0 Å². The second kappa shape index (κ2) is 8.84. The van der Waals surface area contributed by atoms with E-state index in [0.29, 0.717) is 16.9 Å². The number of halogens is 2. The van der Waals surface area contributed by atoms with Crippen LogP contribution in [-0.4, -0.2) is 23.7 Å². The molecule has 3 aromatic rings. The Morgan fingerprint density at radius 1 is 0.970 bits per heavy atom. The van der Waals surface area contributed by atoms with Crippen molar-refractivity contribution in [3.05, 3.63) is 93.8 Å². The number of amides is 3. The average Bonchev–Trinajstić information content (AvgIpc) is 3.03. The quantitative estimate of drug-likeness (QED) is 0.438. The van der Waals surface area contributed by atoms with E-state index in [4.69, 9.17) is 16.3 Å². The first kappa shape index (κ1) is 22.2. The lowest BCUT2D eigenvalue weighted by atomic mass is 10.1. The molecule has 9 heteroatoms. The van der Waals surface area contributed by atoms with Crippen LogP contribution in [0.15, 0.2) is 60.7 Å². The van der Waals surface area contributed by atoms with Gasteiger partial charge in [0.05, 0.1) is 27.4 Å². The highest BCUT2D eigenvalue weighted by Crippen LogP contribution is 2.30. The lowest BCUT2D eigenvalue weighted by molar-refractivity contribution is -0.114. The Bertz CT molecular complexity index is 1310. The summed E-state index contributed by atoms with van der Waals surface area (Å²) >= 11 is 5.94. The van der Waals surface area contributed by atoms with E-state index in [1.807, 2.05) is 0 Å². The number of hydrogen-bond donors (Lipinski definition) is 1. The third kappa shape index (κ3) is 4.47. The molecule has 1 aliphatic rings. The second-order valence-electron chi connectivity index (χ2n) is 7.25. The van der Waals surface area contributed by atoms with Gasteiger partial charge in [0.1, 0.15) is 12.4 Å². The van der Waals surface area contributed by atoms with Crippen LogP contribution in [0.5, 0.6) is 0 Å². The number of ether oxygens (including phenoxy) is 1. The fraction of sp³-hybridized carbons (Fsp3) is 0.0833. The molecule has 0 bridgehead atoms. The van der Waals surface area contributed by atoms with Crippen molar-refractivity contribution in [3.63, 3.8) is 0 Å². The van der Waals surface area contributed by atoms with Gasteiger partial charge in [0.15, 0.2) is 0 Å². The summed E-state index contributed by atoms with van der Waals surface area (Å²) in [5.41, 5.74) is 1.58. The lowest BCUT2D eigenvalue weighted by Gasteiger charge is -2.14. The molecule has 0 unspecified atom stereocenters. The predicted molar refractivity (Wildman–Crippen MR) is 119 cm³/mol. The average molecular weight is 467 g/mol. The third-order valence-corrected chi connectivity index (χ3v) is 5.29. The monoisotopic (exact) mass is 466 g/mol. The van der Waals surface area contributed by atoms with Gasteiger partial charge in [0, 0.05) is 18.2 Å². The Labute approximate surface area is 192 Å². The molecule has 0 spiro atoms. The molecule has 1 aliphatic heterocycles. The first-order chi connectivity index (χ1) is 15.7. The van der Waals surface area contributed by atoms with Crippen LogP contribution in [0.2, 0.25) is 5.02 Å². The number of carbonyl (C=O) groups is 4. The number of nitrogens with zero attached hydrogens (tertiary/aromatic N) is 1. The van der Waals surface area contributed by atoms with Crippen molar-refractivity contribution in [2.45, 2.75) is 13.5 Å². The maximum Gasteiger partial charge on any atom is 0.338 e. The summed E-state index contributed by atoms with van der Waals surface area (Å²) in [6.45, 7) is 1.18. The lowest BCUT2D eigenvalue weighted by Crippen LogP contribution is -2.29. The number of anilines is 2. The molecule has 0 saturated heterocycles. The van der Waals surface area contributed by atoms with Crippen molar-refractivity contribution in [2.75, 3.05) is 10.2 Å². The zero-order valence-electron chi connectivity index (χ0n) is 17.2. The summed E-state index contributed by atoms with van der Waals surface area (Å²) in [7, 11) is 0. The zero-order valence-corrected chi connectivity index (χ0v) is 18.0. The molecule has 0 saturated carbocycles. The number of esters is 1. The van der Waals surface area contributed by atoms with Gasteiger partial charge < -0.3 is 10.1 Å². The Balaban J connectivity index is 1.52. The van der Waals surface area contributed by atoms with E-state index in [-0.39, 0.29) is 34.2 Å². The fourth-order valence-electron chi connectivity index (χ4n) is 3.36. The van der Waals surface area contributed by atoms with Gasteiger partial charge in [-0.2, -0.15) is 0 Å². The van der Waals surface area contributed by atoms with Gasteiger partial charge in [-0.25, -0.2) is 14.1 Å². The van der Waals surface area contributed by atoms with Crippen molar-refractivity contribution < 1.29 is 28.3 Å². The summed E-state index contributed by atoms with van der Waals surface area (Å²) in [5.74, 6) is -2.59. The number of nitrogens with one attached hydrogen (secondary N) is 1. The van der Waals surface area contributed by atoms with Crippen molar-refractivity contribution in [1.82, 2.24) is 0 Å². The van der Waals surface area contributed by atoms with Gasteiger partial charge in [0.25, 0.3) is 11.8 Å². The maximum atomic E-state index is 13.2. The molecular formula is C24H16ClFN2O5. The van der Waals surface area contributed by atoms with Gasteiger partial charge in [-0.1, -0.05) is 17.7 Å². The van der Waals surface area contributed by atoms with Crippen LogP contribution >= 0.6 is 11.6 Å². The highest BCUT2D eigenvalue weighted by molar-refractivity contribution is 6.34. The molecule has 7 nitrogen and oxygen atoms in total. The summed E-state index contributed by atoms with van der Waals surface area (Å²) in [6, 6.07) is 14.0. The molecule has 1 heterocycles. The molecule has 0 aliphatic carbocycles. The van der Waals surface area contributed by atoms with Gasteiger partial charge in [-0.15, -0.1) is 0 Å². The molecule has 3 amide bonds. The largest absolute Gasteiger partial charge is 0.457 e. The van der Waals surface area contributed by atoms with Crippen molar-refractivity contribution in [3.8, 4) is 0 Å². The summed E-state index contributed by atoms with van der Waals surface area (Å²) < 4.78 is 18.4. The highest BCUT2D eigenvalue weighted by Gasteiger charge is 2.37. The Hall–Kier alpha value is -4.04. The molecule has 0 atom stereocenters. The molecule has 3 aromatic carbocycles. The van der Waals surface area contributed by atoms with Crippen LogP contribution in [0.25, 0.3) is 0 Å². The first-order valence-corrected chi connectivity index (χ1v) is 10.1. The van der Waals surface area contributed by atoms with E-state index >= 15 is 0 Å². The molecule has 0 aromatic heterocycles. The first-order valence-electron chi connectivity index (χ1n) is 9.76. The maximum absolute atomic E-state index is 13.2. The van der Waals surface area contributed by atoms with E-state index in [1.54, 1.807) is 12.1 Å². The van der Waals surface area contributed by atoms with Crippen LogP contribution in [0.4, 0.5) is 15.8 Å². The molecule has 0 fully saturated rings. The number of fused-ring (bicyclic) bond motifs is 1. The van der Waals surface area contributed by atoms with Crippen LogP contribution in [-0.2, 0) is 16.1 Å². The smallest absolute Gasteiger partial charge is 0.338 e. The van der Waals surface area contributed by atoms with Crippen LogP contribution in [0, 0.1) is 5.82 Å². The van der Waals surface area contributed by atoms with E-state index in [2.05, 4.69) is 5.32 Å². The van der Waals surface area contributed by atoms with Crippen LogP contribution in [0.3, 0.4) is 0 Å². The summed E-state index contributed by atoms with van der Waals surface area (Å²) in [6.07, 6.45) is 0. The molecule has 166 valence electrons. The van der Waals surface area contributed by atoms with Crippen molar-refractivity contribution >= 4 is 46.7 Å². The van der Waals surface area contributed by atoms with E-state index in [1.165, 1.54) is 49.4 Å². The number of benzene rings is 3. The summed E-state index contributed by atoms with van der Waals surface area (Å²) in [5, 5.41) is 2.73. The number of hydrogen-bond acceptors (Lipinski definition) is 5. The number of carbonyl (C=O) groups excluding carboxylic acids is 4. The second-order valence-corrected chi connectivity index (χ2v) is 7.65. The Morgan fingerprint density at radius 3 is 2.33 bits per heavy atom. The molecule has 1 N–H and O–H groups in total. The fourth-order valence-corrected chi connectivity index (χ4v) is 3.59. The Kier molecular flexibility index (Phi) is 5.93. The predicted octanol–water partition coefficient (Wildman–Crippen LogP) is 4.60. The van der Waals surface area contributed by atoms with Gasteiger partial charge in [-0.05, 0) is 54.6 Å². The van der Waals surface area contributed by atoms with Crippen LogP contribution < -0.4 is 10.2 Å². The van der Waals surface area contributed by atoms with Gasteiger partial charge in [0.2, 0.25) is 5.91 Å². The molecule has 0 radical (unpaired) electrons. The third-order valence-electron chi connectivity index (χ3n) is 4.94. The van der Waals surface area contributed by atoms with Gasteiger partial charge in [-0.3, -0.25) is 14.4 Å². The minimum Gasteiger partial charge on any atom is -0.457 e. The Morgan fingerprint density at radius 2 is 1.67 bits per heavy atom. The zero-order chi connectivity index (χ0) is 23.7. The minimum absolute atomic E-state index is 0.0696. The van der Waals surface area contributed by atoms with E-state index in [0.717, 1.165) is 11.0 Å². The van der Waals surface area contributed by atoms with Crippen LogP contribution in [0.1, 0.15) is 43.6 Å². The standard InChI is InChI=1S/C24H16ClFN2O5/c1-13(29)27-17-5-7-18(8-6-17)28-22(30)19-9-3-14(10-20(19)23(28)31)24(32)33-12-15-2-4-16(26)11-21(15)25/h2-11H,12H2,1H3,(H,27,29). The highest BCUT2D eigenvalue weighted by atomic mass is 35.5. The normalized spacial score (nSPS) is 12.5. The minimum atomic E-state index is -0.725. The topological polar surface area (TPSA) is 92.8 Å². The molecular weight excluding hydrogens is 451 g/mol. The molecule has 33 heavy (non-hydrogen) atoms. The van der Waals surface area contributed by atoms with Gasteiger partial charge >= 0.3 is 5.97 Å². The van der Waals surface area contributed by atoms with Crippen molar-refractivity contribution in [2.24, 2.45) is 0 Å². The number of imide groups is 1. The molecule has 4 rings (SSSR count).